The zero-order valence-electron chi connectivity index (χ0n) is 18.5. The average Bonchev–Trinajstić information content (AvgIpc) is 3.19. The maximum atomic E-state index is 13.2. The van der Waals surface area contributed by atoms with Gasteiger partial charge in [-0.2, -0.15) is 0 Å². The van der Waals surface area contributed by atoms with Crippen LogP contribution in [0.25, 0.3) is 10.9 Å². The summed E-state index contributed by atoms with van der Waals surface area (Å²) >= 11 is 0. The number of rotatable bonds is 4. The minimum absolute atomic E-state index is 0.0854. The number of nitrogens with one attached hydrogen (secondary N) is 1. The van der Waals surface area contributed by atoms with E-state index >= 15 is 0 Å². The number of hydrogen-bond donors (Lipinski definition) is 1. The van der Waals surface area contributed by atoms with Crippen LogP contribution in [-0.2, 0) is 5.54 Å². The first-order valence-corrected chi connectivity index (χ1v) is 10.7. The number of pyridine rings is 1. The van der Waals surface area contributed by atoms with Gasteiger partial charge in [0.05, 0.1) is 5.54 Å². The average molecular weight is 410 g/mol. The molecule has 1 aromatic carbocycles. The lowest BCUT2D eigenvalue weighted by Gasteiger charge is -2.39. The Hall–Kier alpha value is -2.58. The molecule has 0 bridgehead atoms. The third-order valence-electron chi connectivity index (χ3n) is 5.92. The summed E-state index contributed by atoms with van der Waals surface area (Å²) < 4.78 is 1.85. The highest BCUT2D eigenvalue weighted by Crippen LogP contribution is 2.30. The third kappa shape index (κ3) is 3.89. The summed E-state index contributed by atoms with van der Waals surface area (Å²) in [4.78, 5) is 21.0. The molecule has 0 amide bonds. The highest BCUT2D eigenvalue weighted by Gasteiger charge is 2.34. The number of piperazine rings is 1. The normalized spacial score (nSPS) is 17.5. The van der Waals surface area contributed by atoms with Gasteiger partial charge in [0.1, 0.15) is 6.04 Å². The summed E-state index contributed by atoms with van der Waals surface area (Å²) in [6, 6.07) is 7.80. The van der Waals surface area contributed by atoms with Gasteiger partial charge in [0.2, 0.25) is 0 Å². The van der Waals surface area contributed by atoms with E-state index in [9.17, 15) is 4.79 Å². The molecule has 30 heavy (non-hydrogen) atoms. The van der Waals surface area contributed by atoms with Crippen molar-refractivity contribution in [3.05, 3.63) is 51.6 Å². The number of benzene rings is 1. The van der Waals surface area contributed by atoms with Crippen molar-refractivity contribution in [2.45, 2.75) is 46.2 Å². The van der Waals surface area contributed by atoms with Gasteiger partial charge >= 0.3 is 0 Å². The van der Waals surface area contributed by atoms with Crippen LogP contribution in [-0.4, -0.2) is 67.7 Å². The summed E-state index contributed by atoms with van der Waals surface area (Å²) in [5.41, 5.74) is 2.33. The molecule has 0 saturated carbocycles. The Kier molecular flexibility index (Phi) is 5.46. The SMILES string of the molecule is CCN1CCN(C(c2cc3cc(C)ccc3[nH]c2=O)c2nnnn2C(C)(C)C)CC1. The number of aryl methyl sites for hydroxylation is 1. The van der Waals surface area contributed by atoms with E-state index in [0.717, 1.165) is 49.2 Å². The lowest BCUT2D eigenvalue weighted by atomic mass is 10.0. The smallest absolute Gasteiger partial charge is 0.253 e. The molecule has 160 valence electrons. The molecule has 1 N–H and O–H groups in total. The highest BCUT2D eigenvalue weighted by molar-refractivity contribution is 5.79. The predicted octanol–water partition coefficient (Wildman–Crippen LogP) is 2.30. The molecule has 0 aliphatic carbocycles. The van der Waals surface area contributed by atoms with Gasteiger partial charge in [-0.05, 0) is 68.3 Å². The number of H-pyrrole nitrogens is 1. The molecule has 0 radical (unpaired) electrons. The lowest BCUT2D eigenvalue weighted by Crippen LogP contribution is -2.49. The van der Waals surface area contributed by atoms with Crippen LogP contribution >= 0.6 is 0 Å². The molecule has 1 saturated heterocycles. The Morgan fingerprint density at radius 2 is 1.87 bits per heavy atom. The molecule has 1 atom stereocenters. The second-order valence-electron chi connectivity index (χ2n) is 9.14. The second kappa shape index (κ2) is 7.92. The van der Waals surface area contributed by atoms with Crippen LogP contribution in [0.1, 0.15) is 50.7 Å². The van der Waals surface area contributed by atoms with Crippen molar-refractivity contribution in [2.75, 3.05) is 32.7 Å². The number of nitrogens with zero attached hydrogens (tertiary/aromatic N) is 6. The molecule has 1 fully saturated rings. The van der Waals surface area contributed by atoms with E-state index in [1.165, 1.54) is 0 Å². The summed E-state index contributed by atoms with van der Waals surface area (Å²) in [6.07, 6.45) is 0. The predicted molar refractivity (Wildman–Crippen MR) is 118 cm³/mol. The maximum absolute atomic E-state index is 13.2. The zero-order chi connectivity index (χ0) is 21.5. The van der Waals surface area contributed by atoms with Crippen molar-refractivity contribution in [1.29, 1.82) is 0 Å². The molecule has 8 heteroatoms. The van der Waals surface area contributed by atoms with E-state index in [1.807, 2.05) is 22.9 Å². The number of tetrazole rings is 1. The van der Waals surface area contributed by atoms with Crippen LogP contribution in [0.3, 0.4) is 0 Å². The third-order valence-corrected chi connectivity index (χ3v) is 5.92. The van der Waals surface area contributed by atoms with E-state index in [-0.39, 0.29) is 17.1 Å². The molecular weight excluding hydrogens is 378 g/mol. The topological polar surface area (TPSA) is 82.9 Å². The van der Waals surface area contributed by atoms with Crippen molar-refractivity contribution < 1.29 is 0 Å². The number of likely N-dealkylation sites (N-methyl/N-ethyl adjacent to an activating group) is 1. The van der Waals surface area contributed by atoms with Crippen LogP contribution in [0.15, 0.2) is 29.1 Å². The number of fused-ring (bicyclic) bond motifs is 1. The van der Waals surface area contributed by atoms with Gasteiger partial charge in [0, 0.05) is 37.3 Å². The molecule has 1 unspecified atom stereocenters. The Labute approximate surface area is 176 Å². The number of aromatic amines is 1. The number of hydrogen-bond acceptors (Lipinski definition) is 6. The molecule has 3 aromatic rings. The highest BCUT2D eigenvalue weighted by atomic mass is 16.1. The van der Waals surface area contributed by atoms with E-state index in [2.05, 4.69) is 71.0 Å². The largest absolute Gasteiger partial charge is 0.322 e. The Bertz CT molecular complexity index is 1090. The first-order chi connectivity index (χ1) is 14.3. The fourth-order valence-corrected chi connectivity index (χ4v) is 4.23. The summed E-state index contributed by atoms with van der Waals surface area (Å²) in [6.45, 7) is 15.2. The van der Waals surface area contributed by atoms with E-state index in [4.69, 9.17) is 0 Å². The van der Waals surface area contributed by atoms with E-state index in [0.29, 0.717) is 11.4 Å². The van der Waals surface area contributed by atoms with E-state index < -0.39 is 0 Å². The van der Waals surface area contributed by atoms with Crippen molar-refractivity contribution in [3.63, 3.8) is 0 Å². The molecule has 8 nitrogen and oxygen atoms in total. The molecule has 2 aromatic heterocycles. The van der Waals surface area contributed by atoms with Gasteiger partial charge in [0.25, 0.3) is 5.56 Å². The van der Waals surface area contributed by atoms with Crippen LogP contribution in [0.4, 0.5) is 0 Å². The van der Waals surface area contributed by atoms with Gasteiger partial charge < -0.3 is 9.88 Å². The fraction of sp³-hybridized carbons (Fsp3) is 0.545. The second-order valence-corrected chi connectivity index (χ2v) is 9.14. The standard InChI is InChI=1S/C22H31N7O/c1-6-27-9-11-28(12-10-27)19(20-24-25-26-29(20)22(3,4)5)17-14-16-13-15(2)7-8-18(16)23-21(17)30/h7-8,13-14,19H,6,9-12H2,1-5H3,(H,23,30). The van der Waals surface area contributed by atoms with Gasteiger partial charge in [-0.25, -0.2) is 4.68 Å². The van der Waals surface area contributed by atoms with Crippen molar-refractivity contribution in [3.8, 4) is 0 Å². The lowest BCUT2D eigenvalue weighted by molar-refractivity contribution is 0.105. The molecular formula is C22H31N7O. The van der Waals surface area contributed by atoms with E-state index in [1.54, 1.807) is 0 Å². The minimum atomic E-state index is -0.299. The summed E-state index contributed by atoms with van der Waals surface area (Å²) in [5, 5.41) is 13.7. The molecule has 0 spiro atoms. The van der Waals surface area contributed by atoms with Crippen molar-refractivity contribution in [2.24, 2.45) is 0 Å². The Morgan fingerprint density at radius 1 is 1.13 bits per heavy atom. The Morgan fingerprint density at radius 3 is 2.53 bits per heavy atom. The first kappa shape index (κ1) is 20.7. The molecule has 3 heterocycles. The van der Waals surface area contributed by atoms with Crippen molar-refractivity contribution >= 4 is 10.9 Å². The van der Waals surface area contributed by atoms with Gasteiger partial charge in [-0.15, -0.1) is 5.10 Å². The number of aromatic nitrogens is 5. The van der Waals surface area contributed by atoms with Gasteiger partial charge in [-0.1, -0.05) is 18.6 Å². The summed E-state index contributed by atoms with van der Waals surface area (Å²) in [7, 11) is 0. The first-order valence-electron chi connectivity index (χ1n) is 10.7. The van der Waals surface area contributed by atoms with Crippen LogP contribution < -0.4 is 5.56 Å². The fourth-order valence-electron chi connectivity index (χ4n) is 4.23. The molecule has 4 rings (SSSR count). The van der Waals surface area contributed by atoms with Gasteiger partial charge in [0.15, 0.2) is 5.82 Å². The van der Waals surface area contributed by atoms with Crippen LogP contribution in [0.5, 0.6) is 0 Å². The monoisotopic (exact) mass is 409 g/mol. The van der Waals surface area contributed by atoms with Gasteiger partial charge in [-0.3, -0.25) is 9.69 Å². The zero-order valence-corrected chi connectivity index (χ0v) is 18.5. The quantitative estimate of drug-likeness (QED) is 0.712. The van der Waals surface area contributed by atoms with Crippen LogP contribution in [0.2, 0.25) is 0 Å². The van der Waals surface area contributed by atoms with Crippen molar-refractivity contribution in [1.82, 2.24) is 35.0 Å². The molecule has 1 aliphatic rings. The summed E-state index contributed by atoms with van der Waals surface area (Å²) in [5.74, 6) is 0.713. The minimum Gasteiger partial charge on any atom is -0.322 e. The van der Waals surface area contributed by atoms with Crippen LogP contribution in [0, 0.1) is 6.92 Å². The molecule has 1 aliphatic heterocycles. The Balaban J connectivity index is 1.86. The maximum Gasteiger partial charge on any atom is 0.253 e.